The first-order chi connectivity index (χ1) is 8.06. The van der Waals surface area contributed by atoms with Crippen molar-refractivity contribution >= 4 is 17.0 Å². The number of hydrogen-bond donors (Lipinski definition) is 1. The van der Waals surface area contributed by atoms with E-state index in [9.17, 15) is 4.39 Å². The Kier molecular flexibility index (Phi) is 3.43. The van der Waals surface area contributed by atoms with Gasteiger partial charge in [0.1, 0.15) is 10.8 Å². The van der Waals surface area contributed by atoms with Gasteiger partial charge in [-0.15, -0.1) is 11.3 Å². The Morgan fingerprint density at radius 1 is 1.29 bits per heavy atom. The summed E-state index contributed by atoms with van der Waals surface area (Å²) in [4.78, 5) is 5.63. The van der Waals surface area contributed by atoms with Crippen LogP contribution in [-0.2, 0) is 6.54 Å². The van der Waals surface area contributed by atoms with Crippen LogP contribution >= 0.6 is 11.3 Å². The number of nitrogens with one attached hydrogen (secondary N) is 1. The van der Waals surface area contributed by atoms with Crippen LogP contribution in [-0.4, -0.2) is 4.98 Å². The van der Waals surface area contributed by atoms with Gasteiger partial charge in [-0.1, -0.05) is 6.07 Å². The third kappa shape index (κ3) is 2.82. The Bertz CT molecular complexity index is 515. The van der Waals surface area contributed by atoms with E-state index in [0.717, 1.165) is 16.3 Å². The van der Waals surface area contributed by atoms with Crippen LogP contribution < -0.4 is 5.32 Å². The zero-order chi connectivity index (χ0) is 12.4. The van der Waals surface area contributed by atoms with Crippen molar-refractivity contribution in [2.45, 2.75) is 27.3 Å². The second kappa shape index (κ2) is 4.84. The van der Waals surface area contributed by atoms with Gasteiger partial charge in [0.2, 0.25) is 0 Å². The topological polar surface area (TPSA) is 24.9 Å². The van der Waals surface area contributed by atoms with Crippen molar-refractivity contribution in [3.05, 3.63) is 45.2 Å². The molecule has 2 nitrogen and oxygen atoms in total. The van der Waals surface area contributed by atoms with Crippen LogP contribution in [0.5, 0.6) is 0 Å². The summed E-state index contributed by atoms with van der Waals surface area (Å²) in [7, 11) is 0. The molecule has 0 aliphatic heterocycles. The zero-order valence-corrected chi connectivity index (χ0v) is 11.0. The lowest BCUT2D eigenvalue weighted by molar-refractivity contribution is 0.629. The van der Waals surface area contributed by atoms with Crippen LogP contribution in [0.2, 0.25) is 0 Å². The Labute approximate surface area is 105 Å². The number of halogens is 1. The fraction of sp³-hybridized carbons (Fsp3) is 0.308. The lowest BCUT2D eigenvalue weighted by Crippen LogP contribution is -2.01. The first kappa shape index (κ1) is 12.0. The minimum absolute atomic E-state index is 0.222. The molecule has 0 atom stereocenters. The van der Waals surface area contributed by atoms with Crippen LogP contribution in [0.3, 0.4) is 0 Å². The van der Waals surface area contributed by atoms with Gasteiger partial charge >= 0.3 is 0 Å². The van der Waals surface area contributed by atoms with E-state index >= 15 is 0 Å². The summed E-state index contributed by atoms with van der Waals surface area (Å²) in [5, 5.41) is 4.07. The molecular weight excluding hydrogens is 235 g/mol. The minimum Gasteiger partial charge on any atom is -0.376 e. The number of aryl methyl sites for hydroxylation is 3. The van der Waals surface area contributed by atoms with Gasteiger partial charge in [-0.3, -0.25) is 0 Å². The van der Waals surface area contributed by atoms with Gasteiger partial charge in [-0.2, -0.15) is 0 Å². The molecule has 2 aromatic rings. The van der Waals surface area contributed by atoms with Crippen molar-refractivity contribution in [3.8, 4) is 0 Å². The molecular formula is C13H15FN2S. The molecule has 0 radical (unpaired) electrons. The van der Waals surface area contributed by atoms with Crippen LogP contribution in [0, 0.1) is 26.6 Å². The predicted octanol–water partition coefficient (Wildman–Crippen LogP) is 3.82. The summed E-state index contributed by atoms with van der Waals surface area (Å²) in [6.07, 6.45) is 0. The number of thiazole rings is 1. The van der Waals surface area contributed by atoms with Gasteiger partial charge < -0.3 is 5.32 Å². The second-order valence-electron chi connectivity index (χ2n) is 4.09. The molecule has 0 aliphatic rings. The summed E-state index contributed by atoms with van der Waals surface area (Å²) in [6, 6.07) is 5.05. The summed E-state index contributed by atoms with van der Waals surface area (Å²) in [6.45, 7) is 6.55. The van der Waals surface area contributed by atoms with Gasteiger partial charge in [-0.25, -0.2) is 9.37 Å². The van der Waals surface area contributed by atoms with Crippen LogP contribution in [0.4, 0.5) is 10.1 Å². The number of hydrogen-bond acceptors (Lipinski definition) is 3. The average molecular weight is 250 g/mol. The normalized spacial score (nSPS) is 10.6. The van der Waals surface area contributed by atoms with Crippen molar-refractivity contribution < 1.29 is 4.39 Å². The predicted molar refractivity (Wildman–Crippen MR) is 70.1 cm³/mol. The number of anilines is 1. The van der Waals surface area contributed by atoms with E-state index in [1.165, 1.54) is 10.9 Å². The first-order valence-corrected chi connectivity index (χ1v) is 6.31. The van der Waals surface area contributed by atoms with Crippen molar-refractivity contribution in [3.63, 3.8) is 0 Å². The Morgan fingerprint density at radius 3 is 2.71 bits per heavy atom. The maximum absolute atomic E-state index is 13.5. The Morgan fingerprint density at radius 2 is 2.06 bits per heavy atom. The second-order valence-corrected chi connectivity index (χ2v) is 5.37. The molecule has 90 valence electrons. The monoisotopic (exact) mass is 250 g/mol. The van der Waals surface area contributed by atoms with Crippen molar-refractivity contribution in [2.75, 3.05) is 5.32 Å². The van der Waals surface area contributed by atoms with E-state index in [1.807, 2.05) is 26.8 Å². The molecule has 1 N–H and O–H groups in total. The number of nitrogens with zero attached hydrogens (tertiary/aromatic N) is 1. The molecule has 0 spiro atoms. The van der Waals surface area contributed by atoms with Gasteiger partial charge in [0, 0.05) is 4.88 Å². The molecule has 4 heteroatoms. The van der Waals surface area contributed by atoms with Crippen LogP contribution in [0.1, 0.15) is 21.1 Å². The average Bonchev–Trinajstić information content (AvgIpc) is 2.60. The van der Waals surface area contributed by atoms with Crippen molar-refractivity contribution in [1.82, 2.24) is 4.98 Å². The number of aromatic nitrogens is 1. The van der Waals surface area contributed by atoms with E-state index < -0.39 is 0 Å². The van der Waals surface area contributed by atoms with Gasteiger partial charge in [0.05, 0.1) is 17.9 Å². The highest BCUT2D eigenvalue weighted by Crippen LogP contribution is 2.20. The fourth-order valence-corrected chi connectivity index (χ4v) is 2.43. The highest BCUT2D eigenvalue weighted by atomic mass is 32.1. The summed E-state index contributed by atoms with van der Waals surface area (Å²) >= 11 is 1.65. The van der Waals surface area contributed by atoms with E-state index in [1.54, 1.807) is 17.4 Å². The van der Waals surface area contributed by atoms with Gasteiger partial charge in [0.25, 0.3) is 0 Å². The number of benzene rings is 1. The molecule has 0 amide bonds. The van der Waals surface area contributed by atoms with Gasteiger partial charge in [0.15, 0.2) is 0 Å². The maximum atomic E-state index is 13.5. The van der Waals surface area contributed by atoms with Crippen LogP contribution in [0.15, 0.2) is 18.2 Å². The summed E-state index contributed by atoms with van der Waals surface area (Å²) in [5.74, 6) is -0.222. The van der Waals surface area contributed by atoms with Gasteiger partial charge in [-0.05, 0) is 38.5 Å². The molecule has 1 aromatic carbocycles. The molecule has 0 unspecified atom stereocenters. The minimum atomic E-state index is -0.222. The maximum Gasteiger partial charge on any atom is 0.146 e. The molecule has 0 aliphatic carbocycles. The number of rotatable bonds is 3. The van der Waals surface area contributed by atoms with E-state index in [0.29, 0.717) is 12.2 Å². The lowest BCUT2D eigenvalue weighted by Gasteiger charge is -2.06. The molecule has 0 saturated heterocycles. The van der Waals surface area contributed by atoms with E-state index in [4.69, 9.17) is 0 Å². The highest BCUT2D eigenvalue weighted by molar-refractivity contribution is 7.11. The SMILES string of the molecule is Cc1ccc(F)c(NCc2nc(C)c(C)s2)c1. The third-order valence-electron chi connectivity index (χ3n) is 2.62. The zero-order valence-electron chi connectivity index (χ0n) is 10.2. The first-order valence-electron chi connectivity index (χ1n) is 5.49. The molecule has 0 bridgehead atoms. The largest absolute Gasteiger partial charge is 0.376 e. The fourth-order valence-electron chi connectivity index (χ4n) is 1.56. The van der Waals surface area contributed by atoms with E-state index in [-0.39, 0.29) is 5.82 Å². The third-order valence-corrected chi connectivity index (χ3v) is 3.70. The summed E-state index contributed by atoms with van der Waals surface area (Å²) in [5.41, 5.74) is 2.63. The quantitative estimate of drug-likeness (QED) is 0.895. The van der Waals surface area contributed by atoms with E-state index in [2.05, 4.69) is 10.3 Å². The standard InChI is InChI=1S/C13H15FN2S/c1-8-4-5-11(14)12(6-8)15-7-13-16-9(2)10(3)17-13/h4-6,15H,7H2,1-3H3. The highest BCUT2D eigenvalue weighted by Gasteiger charge is 2.05. The molecule has 0 saturated carbocycles. The molecule has 0 fully saturated rings. The molecule has 2 rings (SSSR count). The smallest absolute Gasteiger partial charge is 0.146 e. The van der Waals surface area contributed by atoms with Crippen LogP contribution in [0.25, 0.3) is 0 Å². The Hall–Kier alpha value is -1.42. The van der Waals surface area contributed by atoms with Crippen molar-refractivity contribution in [1.29, 1.82) is 0 Å². The molecule has 1 aromatic heterocycles. The van der Waals surface area contributed by atoms with Crippen molar-refractivity contribution in [2.24, 2.45) is 0 Å². The lowest BCUT2D eigenvalue weighted by atomic mass is 10.2. The summed E-state index contributed by atoms with van der Waals surface area (Å²) < 4.78 is 13.5. The molecule has 1 heterocycles. The Balaban J connectivity index is 2.09. The molecule has 17 heavy (non-hydrogen) atoms.